The van der Waals surface area contributed by atoms with Crippen LogP contribution in [-0.2, 0) is 6.42 Å². The second-order valence-corrected chi connectivity index (χ2v) is 5.66. The summed E-state index contributed by atoms with van der Waals surface area (Å²) in [5, 5.41) is 3.63. The lowest BCUT2D eigenvalue weighted by atomic mass is 10.1. The van der Waals surface area contributed by atoms with Crippen LogP contribution in [0, 0.1) is 0 Å². The van der Waals surface area contributed by atoms with Crippen LogP contribution in [0.15, 0.2) is 24.3 Å². The minimum atomic E-state index is 0.677. The predicted molar refractivity (Wildman–Crippen MR) is 74.4 cm³/mol. The van der Waals surface area contributed by atoms with Crippen molar-refractivity contribution in [1.82, 2.24) is 0 Å². The van der Waals surface area contributed by atoms with Crippen molar-refractivity contribution in [2.45, 2.75) is 38.6 Å². The van der Waals surface area contributed by atoms with Crippen LogP contribution in [0.4, 0.5) is 5.69 Å². The molecule has 1 nitrogen and oxygen atoms in total. The van der Waals surface area contributed by atoms with E-state index in [1.807, 2.05) is 0 Å². The molecule has 1 unspecified atom stereocenters. The normalized spacial score (nSPS) is 20.7. The van der Waals surface area contributed by atoms with E-state index in [1.165, 1.54) is 48.4 Å². The van der Waals surface area contributed by atoms with E-state index in [-0.39, 0.29) is 0 Å². The monoisotopic (exact) mass is 235 g/mol. The molecule has 1 fully saturated rings. The molecule has 88 valence electrons. The fourth-order valence-corrected chi connectivity index (χ4v) is 3.22. The van der Waals surface area contributed by atoms with Gasteiger partial charge in [0, 0.05) is 17.5 Å². The topological polar surface area (TPSA) is 12.0 Å². The third kappa shape index (κ3) is 3.44. The molecule has 1 atom stereocenters. The van der Waals surface area contributed by atoms with Crippen molar-refractivity contribution in [3.63, 3.8) is 0 Å². The van der Waals surface area contributed by atoms with Crippen LogP contribution in [0.3, 0.4) is 0 Å². The molecule has 16 heavy (non-hydrogen) atoms. The van der Waals surface area contributed by atoms with Crippen LogP contribution in [0.1, 0.15) is 31.7 Å². The Morgan fingerprint density at radius 1 is 1.31 bits per heavy atom. The Morgan fingerprint density at radius 2 is 2.12 bits per heavy atom. The molecule has 0 spiro atoms. The van der Waals surface area contributed by atoms with Gasteiger partial charge < -0.3 is 5.32 Å². The number of benzene rings is 1. The smallest absolute Gasteiger partial charge is 0.0352 e. The molecule has 1 aromatic carbocycles. The van der Waals surface area contributed by atoms with E-state index in [4.69, 9.17) is 0 Å². The van der Waals surface area contributed by atoms with E-state index in [9.17, 15) is 0 Å². The third-order valence-electron chi connectivity index (χ3n) is 3.02. The molecule has 0 bridgehead atoms. The summed E-state index contributed by atoms with van der Waals surface area (Å²) < 4.78 is 0. The summed E-state index contributed by atoms with van der Waals surface area (Å²) in [6.45, 7) is 2.23. The number of thioether (sulfide) groups is 1. The highest BCUT2D eigenvalue weighted by Crippen LogP contribution is 2.21. The maximum Gasteiger partial charge on any atom is 0.0352 e. The van der Waals surface area contributed by atoms with Crippen LogP contribution >= 0.6 is 11.8 Å². The van der Waals surface area contributed by atoms with Crippen molar-refractivity contribution in [2.75, 3.05) is 16.8 Å². The fourth-order valence-electron chi connectivity index (χ4n) is 2.15. The Bertz CT molecular complexity index is 301. The largest absolute Gasteiger partial charge is 0.381 e. The first kappa shape index (κ1) is 11.8. The summed E-state index contributed by atoms with van der Waals surface area (Å²) in [6, 6.07) is 9.63. The molecule has 1 aromatic rings. The second kappa shape index (κ2) is 6.19. The zero-order chi connectivity index (χ0) is 11.2. The standard InChI is InChI=1S/C14H21NS/c1-2-4-12-6-8-13(9-7-12)15-14-5-3-10-16-11-14/h6-9,14-15H,2-5,10-11H2,1H3. The number of hydrogen-bond acceptors (Lipinski definition) is 2. The summed E-state index contributed by atoms with van der Waals surface area (Å²) >= 11 is 2.07. The summed E-state index contributed by atoms with van der Waals surface area (Å²) in [5.74, 6) is 2.60. The molecule has 1 saturated heterocycles. The van der Waals surface area contributed by atoms with E-state index in [2.05, 4.69) is 48.3 Å². The van der Waals surface area contributed by atoms with Gasteiger partial charge in [-0.25, -0.2) is 0 Å². The van der Waals surface area contributed by atoms with Crippen molar-refractivity contribution in [3.8, 4) is 0 Å². The zero-order valence-electron chi connectivity index (χ0n) is 10.0. The first-order valence-electron chi connectivity index (χ1n) is 6.31. The average Bonchev–Trinajstić information content (AvgIpc) is 2.33. The highest BCUT2D eigenvalue weighted by Gasteiger charge is 2.12. The molecule has 0 radical (unpaired) electrons. The lowest BCUT2D eigenvalue weighted by molar-refractivity contribution is 0.685. The summed E-state index contributed by atoms with van der Waals surface area (Å²) in [5.41, 5.74) is 2.73. The van der Waals surface area contributed by atoms with Crippen LogP contribution in [-0.4, -0.2) is 17.5 Å². The molecule has 1 heterocycles. The SMILES string of the molecule is CCCc1ccc(NC2CCCSC2)cc1. The fraction of sp³-hybridized carbons (Fsp3) is 0.571. The highest BCUT2D eigenvalue weighted by molar-refractivity contribution is 7.99. The van der Waals surface area contributed by atoms with Crippen molar-refractivity contribution in [2.24, 2.45) is 0 Å². The Hall–Kier alpha value is -0.630. The van der Waals surface area contributed by atoms with E-state index in [0.29, 0.717) is 6.04 Å². The van der Waals surface area contributed by atoms with Gasteiger partial charge in [0.15, 0.2) is 0 Å². The minimum absolute atomic E-state index is 0.677. The predicted octanol–water partition coefficient (Wildman–Crippen LogP) is 3.95. The van der Waals surface area contributed by atoms with E-state index >= 15 is 0 Å². The van der Waals surface area contributed by atoms with E-state index in [1.54, 1.807) is 0 Å². The first-order valence-corrected chi connectivity index (χ1v) is 7.47. The number of rotatable bonds is 4. The molecule has 2 heteroatoms. The molecule has 1 N–H and O–H groups in total. The van der Waals surface area contributed by atoms with E-state index in [0.717, 1.165) is 0 Å². The van der Waals surface area contributed by atoms with Crippen LogP contribution in [0.2, 0.25) is 0 Å². The van der Waals surface area contributed by atoms with Gasteiger partial charge in [-0.3, -0.25) is 0 Å². The minimum Gasteiger partial charge on any atom is -0.381 e. The van der Waals surface area contributed by atoms with Gasteiger partial charge in [0.05, 0.1) is 0 Å². The molecule has 1 aliphatic heterocycles. The number of anilines is 1. The molecule has 2 rings (SSSR count). The maximum atomic E-state index is 3.63. The molecule has 0 amide bonds. The van der Waals surface area contributed by atoms with Gasteiger partial charge in [-0.2, -0.15) is 11.8 Å². The Balaban J connectivity index is 1.88. The van der Waals surface area contributed by atoms with Gasteiger partial charge in [0.25, 0.3) is 0 Å². The van der Waals surface area contributed by atoms with Gasteiger partial charge in [-0.05, 0) is 42.7 Å². The number of hydrogen-bond donors (Lipinski definition) is 1. The summed E-state index contributed by atoms with van der Waals surface area (Å²) in [4.78, 5) is 0. The average molecular weight is 235 g/mol. The second-order valence-electron chi connectivity index (χ2n) is 4.51. The van der Waals surface area contributed by atoms with Crippen molar-refractivity contribution < 1.29 is 0 Å². The molecule has 0 aliphatic carbocycles. The van der Waals surface area contributed by atoms with Crippen LogP contribution in [0.5, 0.6) is 0 Å². The molecule has 1 aliphatic rings. The Morgan fingerprint density at radius 3 is 2.75 bits per heavy atom. The van der Waals surface area contributed by atoms with Crippen molar-refractivity contribution >= 4 is 17.4 Å². The van der Waals surface area contributed by atoms with Gasteiger partial charge >= 0.3 is 0 Å². The molecular weight excluding hydrogens is 214 g/mol. The maximum absolute atomic E-state index is 3.63. The molecule has 0 aromatic heterocycles. The quantitative estimate of drug-likeness (QED) is 0.848. The third-order valence-corrected chi connectivity index (χ3v) is 4.24. The van der Waals surface area contributed by atoms with Crippen LogP contribution in [0.25, 0.3) is 0 Å². The lowest BCUT2D eigenvalue weighted by Crippen LogP contribution is -2.25. The molecular formula is C14H21NS. The summed E-state index contributed by atoms with van der Waals surface area (Å²) in [6.07, 6.45) is 5.10. The van der Waals surface area contributed by atoms with Crippen LogP contribution < -0.4 is 5.32 Å². The lowest BCUT2D eigenvalue weighted by Gasteiger charge is -2.23. The van der Waals surface area contributed by atoms with Gasteiger partial charge in [0.1, 0.15) is 0 Å². The van der Waals surface area contributed by atoms with Gasteiger partial charge in [-0.1, -0.05) is 25.5 Å². The Labute approximate surface area is 103 Å². The van der Waals surface area contributed by atoms with Gasteiger partial charge in [-0.15, -0.1) is 0 Å². The number of nitrogens with one attached hydrogen (secondary N) is 1. The van der Waals surface area contributed by atoms with Gasteiger partial charge in [0.2, 0.25) is 0 Å². The Kier molecular flexibility index (Phi) is 4.58. The first-order chi connectivity index (χ1) is 7.88. The summed E-state index contributed by atoms with van der Waals surface area (Å²) in [7, 11) is 0. The highest BCUT2D eigenvalue weighted by atomic mass is 32.2. The van der Waals surface area contributed by atoms with Crippen molar-refractivity contribution in [3.05, 3.63) is 29.8 Å². The van der Waals surface area contributed by atoms with E-state index < -0.39 is 0 Å². The van der Waals surface area contributed by atoms with Crippen molar-refractivity contribution in [1.29, 1.82) is 0 Å². The zero-order valence-corrected chi connectivity index (χ0v) is 10.9. The molecule has 0 saturated carbocycles. The number of aryl methyl sites for hydroxylation is 1.